The Balaban J connectivity index is 1.87. The number of rotatable bonds is 3. The van der Waals surface area contributed by atoms with Crippen molar-refractivity contribution in [2.45, 2.75) is 32.7 Å². The standard InChI is InChI=1S/C16H20N2OS/c1-12-5-7-13(8-6-12)15-14(20-16(19)17-15)11-18-9-3-2-4-10-18/h5-8H,2-4,9-11H2,1H3,(H,17,19). The molecule has 2 heterocycles. The van der Waals surface area contributed by atoms with Crippen molar-refractivity contribution in [2.24, 2.45) is 0 Å². The summed E-state index contributed by atoms with van der Waals surface area (Å²) in [6.07, 6.45) is 3.89. The van der Waals surface area contributed by atoms with Crippen LogP contribution in [0.3, 0.4) is 0 Å². The Morgan fingerprint density at radius 3 is 2.55 bits per heavy atom. The summed E-state index contributed by atoms with van der Waals surface area (Å²) in [5.41, 5.74) is 3.36. The van der Waals surface area contributed by atoms with Crippen molar-refractivity contribution in [2.75, 3.05) is 13.1 Å². The van der Waals surface area contributed by atoms with Crippen LogP contribution in [-0.2, 0) is 6.54 Å². The van der Waals surface area contributed by atoms with Gasteiger partial charge in [-0.25, -0.2) is 0 Å². The maximum Gasteiger partial charge on any atom is 0.305 e. The van der Waals surface area contributed by atoms with Crippen LogP contribution in [0.2, 0.25) is 0 Å². The molecule has 0 atom stereocenters. The molecule has 0 amide bonds. The molecule has 1 aliphatic rings. The first-order chi connectivity index (χ1) is 9.72. The number of likely N-dealkylation sites (tertiary alicyclic amines) is 1. The highest BCUT2D eigenvalue weighted by molar-refractivity contribution is 7.09. The van der Waals surface area contributed by atoms with E-state index < -0.39 is 0 Å². The fraction of sp³-hybridized carbons (Fsp3) is 0.438. The van der Waals surface area contributed by atoms with Crippen LogP contribution < -0.4 is 4.87 Å². The minimum Gasteiger partial charge on any atom is -0.312 e. The molecule has 0 bridgehead atoms. The van der Waals surface area contributed by atoms with Crippen molar-refractivity contribution in [1.29, 1.82) is 0 Å². The van der Waals surface area contributed by atoms with E-state index in [4.69, 9.17) is 0 Å². The van der Waals surface area contributed by atoms with Gasteiger partial charge in [-0.2, -0.15) is 0 Å². The van der Waals surface area contributed by atoms with Crippen molar-refractivity contribution in [1.82, 2.24) is 9.88 Å². The van der Waals surface area contributed by atoms with Crippen LogP contribution in [0.1, 0.15) is 29.7 Å². The summed E-state index contributed by atoms with van der Waals surface area (Å²) in [6.45, 7) is 5.28. The molecule has 1 aromatic carbocycles. The first kappa shape index (κ1) is 13.6. The number of piperidine rings is 1. The predicted molar refractivity (Wildman–Crippen MR) is 84.2 cm³/mol. The van der Waals surface area contributed by atoms with Gasteiger partial charge in [0.15, 0.2) is 0 Å². The van der Waals surface area contributed by atoms with Crippen molar-refractivity contribution in [3.8, 4) is 11.3 Å². The zero-order valence-electron chi connectivity index (χ0n) is 11.8. The van der Waals surface area contributed by atoms with Crippen LogP contribution in [0.4, 0.5) is 0 Å². The van der Waals surface area contributed by atoms with Crippen molar-refractivity contribution < 1.29 is 0 Å². The molecule has 0 saturated carbocycles. The second-order valence-corrected chi connectivity index (χ2v) is 6.58. The van der Waals surface area contributed by atoms with Gasteiger partial charge in [-0.15, -0.1) is 0 Å². The Morgan fingerprint density at radius 1 is 1.15 bits per heavy atom. The number of hydrogen-bond donors (Lipinski definition) is 1. The quantitative estimate of drug-likeness (QED) is 0.939. The molecule has 0 unspecified atom stereocenters. The minimum absolute atomic E-state index is 0.0487. The molecule has 106 valence electrons. The largest absolute Gasteiger partial charge is 0.312 e. The fourth-order valence-corrected chi connectivity index (χ4v) is 3.64. The lowest BCUT2D eigenvalue weighted by atomic mass is 10.1. The van der Waals surface area contributed by atoms with E-state index in [0.717, 1.165) is 30.9 Å². The molecule has 2 aromatic rings. The van der Waals surface area contributed by atoms with E-state index in [0.29, 0.717) is 0 Å². The number of aromatic nitrogens is 1. The molecule has 3 nitrogen and oxygen atoms in total. The maximum absolute atomic E-state index is 11.7. The third-order valence-corrected chi connectivity index (χ3v) is 4.75. The summed E-state index contributed by atoms with van der Waals surface area (Å²) in [6, 6.07) is 8.37. The highest BCUT2D eigenvalue weighted by Crippen LogP contribution is 2.25. The molecule has 0 radical (unpaired) electrons. The molecule has 0 spiro atoms. The molecule has 3 rings (SSSR count). The van der Waals surface area contributed by atoms with Gasteiger partial charge in [0, 0.05) is 11.4 Å². The average Bonchev–Trinajstić information content (AvgIpc) is 2.81. The van der Waals surface area contributed by atoms with E-state index in [1.165, 1.54) is 41.0 Å². The molecule has 1 saturated heterocycles. The smallest absolute Gasteiger partial charge is 0.305 e. The van der Waals surface area contributed by atoms with Crippen molar-refractivity contribution in [3.63, 3.8) is 0 Å². The average molecular weight is 288 g/mol. The van der Waals surface area contributed by atoms with Gasteiger partial charge < -0.3 is 4.98 Å². The lowest BCUT2D eigenvalue weighted by Crippen LogP contribution is -2.28. The molecular formula is C16H20N2OS. The summed E-state index contributed by atoms with van der Waals surface area (Å²) < 4.78 is 0. The van der Waals surface area contributed by atoms with Crippen LogP contribution in [-0.4, -0.2) is 23.0 Å². The number of H-pyrrole nitrogens is 1. The van der Waals surface area contributed by atoms with Gasteiger partial charge in [0.2, 0.25) is 0 Å². The minimum atomic E-state index is 0.0487. The zero-order chi connectivity index (χ0) is 13.9. The zero-order valence-corrected chi connectivity index (χ0v) is 12.6. The molecule has 1 fully saturated rings. The van der Waals surface area contributed by atoms with Gasteiger partial charge >= 0.3 is 4.87 Å². The monoisotopic (exact) mass is 288 g/mol. The van der Waals surface area contributed by atoms with E-state index in [1.54, 1.807) is 0 Å². The maximum atomic E-state index is 11.7. The second-order valence-electron chi connectivity index (χ2n) is 5.52. The predicted octanol–water partition coefficient (Wildman–Crippen LogP) is 3.40. The Morgan fingerprint density at radius 2 is 1.85 bits per heavy atom. The first-order valence-electron chi connectivity index (χ1n) is 7.24. The normalized spacial score (nSPS) is 16.4. The van der Waals surface area contributed by atoms with Crippen molar-refractivity contribution in [3.05, 3.63) is 44.4 Å². The number of thiazole rings is 1. The van der Waals surface area contributed by atoms with E-state index >= 15 is 0 Å². The summed E-state index contributed by atoms with van der Waals surface area (Å²) in [4.78, 5) is 18.4. The SMILES string of the molecule is Cc1ccc(-c2[nH]c(=O)sc2CN2CCCCC2)cc1. The van der Waals surface area contributed by atoms with Gasteiger partial charge in [0.25, 0.3) is 0 Å². The van der Waals surface area contributed by atoms with E-state index in [1.807, 2.05) is 0 Å². The van der Waals surface area contributed by atoms with Crippen LogP contribution in [0.25, 0.3) is 11.3 Å². The summed E-state index contributed by atoms with van der Waals surface area (Å²) >= 11 is 1.35. The molecule has 1 aliphatic heterocycles. The van der Waals surface area contributed by atoms with E-state index in [9.17, 15) is 4.79 Å². The molecule has 20 heavy (non-hydrogen) atoms. The third-order valence-electron chi connectivity index (χ3n) is 3.88. The third kappa shape index (κ3) is 3.02. The van der Waals surface area contributed by atoms with Gasteiger partial charge in [-0.3, -0.25) is 9.69 Å². The lowest BCUT2D eigenvalue weighted by molar-refractivity contribution is 0.223. The highest BCUT2D eigenvalue weighted by Gasteiger charge is 2.16. The summed E-state index contributed by atoms with van der Waals surface area (Å²) in [7, 11) is 0. The number of nitrogens with zero attached hydrogens (tertiary/aromatic N) is 1. The molecule has 1 N–H and O–H groups in total. The molecule has 4 heteroatoms. The van der Waals surface area contributed by atoms with E-state index in [2.05, 4.69) is 41.1 Å². The summed E-state index contributed by atoms with van der Waals surface area (Å²) in [5, 5.41) is 0. The Kier molecular flexibility index (Phi) is 4.03. The van der Waals surface area contributed by atoms with Crippen LogP contribution >= 0.6 is 11.3 Å². The second kappa shape index (κ2) is 5.94. The molecular weight excluding hydrogens is 268 g/mol. The topological polar surface area (TPSA) is 36.1 Å². The number of aryl methyl sites for hydroxylation is 1. The van der Waals surface area contributed by atoms with Gasteiger partial charge in [0.05, 0.1) is 5.69 Å². The van der Waals surface area contributed by atoms with Gasteiger partial charge in [-0.05, 0) is 38.4 Å². The first-order valence-corrected chi connectivity index (χ1v) is 8.05. The highest BCUT2D eigenvalue weighted by atomic mass is 32.1. The van der Waals surface area contributed by atoms with Crippen LogP contribution in [0.5, 0.6) is 0 Å². The van der Waals surface area contributed by atoms with Crippen LogP contribution in [0.15, 0.2) is 29.1 Å². The Hall–Kier alpha value is -1.39. The number of aromatic amines is 1. The lowest BCUT2D eigenvalue weighted by Gasteiger charge is -2.26. The van der Waals surface area contributed by atoms with Gasteiger partial charge in [-0.1, -0.05) is 47.6 Å². The number of hydrogen-bond acceptors (Lipinski definition) is 3. The van der Waals surface area contributed by atoms with Crippen LogP contribution in [0, 0.1) is 6.92 Å². The molecule has 0 aliphatic carbocycles. The molecule has 1 aromatic heterocycles. The summed E-state index contributed by atoms with van der Waals surface area (Å²) in [5.74, 6) is 0. The Bertz CT molecular complexity index is 621. The number of nitrogens with one attached hydrogen (secondary N) is 1. The Labute approximate surface area is 123 Å². The fourth-order valence-electron chi connectivity index (χ4n) is 2.75. The van der Waals surface area contributed by atoms with E-state index in [-0.39, 0.29) is 4.87 Å². The van der Waals surface area contributed by atoms with Gasteiger partial charge in [0.1, 0.15) is 0 Å². The van der Waals surface area contributed by atoms with Crippen molar-refractivity contribution >= 4 is 11.3 Å². The number of benzene rings is 1.